The van der Waals surface area contributed by atoms with Crippen molar-refractivity contribution in [2.75, 3.05) is 6.61 Å². The minimum atomic E-state index is -0.0536. The monoisotopic (exact) mass is 402 g/mol. The Balaban J connectivity index is 1.47. The Morgan fingerprint density at radius 1 is 1.00 bits per heavy atom. The first-order valence-corrected chi connectivity index (χ1v) is 12.8. The summed E-state index contributed by atoms with van der Waals surface area (Å²) >= 11 is 0. The number of hydrogen-bond acceptors (Lipinski definition) is 2. The van der Waals surface area contributed by atoms with Gasteiger partial charge in [0, 0.05) is 6.61 Å². The molecule has 29 heavy (non-hydrogen) atoms. The van der Waals surface area contributed by atoms with E-state index in [9.17, 15) is 10.2 Å². The first kappa shape index (κ1) is 21.9. The Kier molecular flexibility index (Phi) is 6.26. The zero-order valence-corrected chi connectivity index (χ0v) is 19.5. The standard InChI is InChI=1S/C27H46O2/c1-18(17-28)6-5-7-19(2)23-10-11-24-22-9-8-20-16-21(29)12-14-26(20,3)25(22)13-15-27(23,24)4/h9,18-21,23-25,28-29H,5-8,10-17H2,1-4H3/t18?,19?,20-,21?,23+,24?,25?,26-,27+/m0/s1. The molecule has 4 aliphatic carbocycles. The van der Waals surface area contributed by atoms with Crippen LogP contribution in [0, 0.1) is 46.3 Å². The first-order chi connectivity index (χ1) is 13.8. The molecule has 4 aliphatic rings. The molecule has 166 valence electrons. The highest BCUT2D eigenvalue weighted by atomic mass is 16.3. The Hall–Kier alpha value is -0.340. The Morgan fingerprint density at radius 2 is 1.72 bits per heavy atom. The van der Waals surface area contributed by atoms with E-state index < -0.39 is 0 Å². The van der Waals surface area contributed by atoms with E-state index in [1.807, 2.05) is 5.57 Å². The zero-order valence-electron chi connectivity index (χ0n) is 19.5. The minimum Gasteiger partial charge on any atom is -0.396 e. The summed E-state index contributed by atoms with van der Waals surface area (Å²) in [4.78, 5) is 0. The second kappa shape index (κ2) is 8.30. The molecule has 5 unspecified atom stereocenters. The van der Waals surface area contributed by atoms with E-state index >= 15 is 0 Å². The third kappa shape index (κ3) is 3.75. The van der Waals surface area contributed by atoms with Crippen LogP contribution < -0.4 is 0 Å². The molecular formula is C27H46O2. The number of hydrogen-bond donors (Lipinski definition) is 2. The van der Waals surface area contributed by atoms with Gasteiger partial charge >= 0.3 is 0 Å². The van der Waals surface area contributed by atoms with Crippen LogP contribution in [0.4, 0.5) is 0 Å². The zero-order chi connectivity index (χ0) is 20.8. The van der Waals surface area contributed by atoms with Crippen LogP contribution in [-0.4, -0.2) is 22.9 Å². The number of fused-ring (bicyclic) bond motifs is 5. The van der Waals surface area contributed by atoms with Crippen molar-refractivity contribution in [1.82, 2.24) is 0 Å². The molecule has 0 spiro atoms. The van der Waals surface area contributed by atoms with Crippen LogP contribution in [0.2, 0.25) is 0 Å². The molecule has 2 nitrogen and oxygen atoms in total. The molecule has 0 heterocycles. The van der Waals surface area contributed by atoms with E-state index in [1.54, 1.807) is 0 Å². The minimum absolute atomic E-state index is 0.0536. The first-order valence-electron chi connectivity index (χ1n) is 12.8. The average molecular weight is 403 g/mol. The van der Waals surface area contributed by atoms with Crippen molar-refractivity contribution in [3.05, 3.63) is 11.6 Å². The molecule has 2 heteroatoms. The lowest BCUT2D eigenvalue weighted by Gasteiger charge is -2.57. The van der Waals surface area contributed by atoms with Crippen molar-refractivity contribution in [3.63, 3.8) is 0 Å². The molecule has 0 aromatic rings. The molecule has 3 saturated carbocycles. The van der Waals surface area contributed by atoms with Gasteiger partial charge in [0.2, 0.25) is 0 Å². The lowest BCUT2D eigenvalue weighted by Crippen LogP contribution is -2.49. The van der Waals surface area contributed by atoms with E-state index in [0.29, 0.717) is 29.3 Å². The van der Waals surface area contributed by atoms with E-state index in [4.69, 9.17) is 0 Å². The van der Waals surface area contributed by atoms with Crippen LogP contribution in [-0.2, 0) is 0 Å². The summed E-state index contributed by atoms with van der Waals surface area (Å²) < 4.78 is 0. The molecule has 0 saturated heterocycles. The van der Waals surface area contributed by atoms with Crippen LogP contribution >= 0.6 is 0 Å². The predicted octanol–water partition coefficient (Wildman–Crippen LogP) is 6.36. The van der Waals surface area contributed by atoms with Gasteiger partial charge in [-0.2, -0.15) is 0 Å². The normalized spacial score (nSPS) is 46.3. The number of aliphatic hydroxyl groups excluding tert-OH is 2. The highest BCUT2D eigenvalue weighted by molar-refractivity contribution is 5.27. The lowest BCUT2D eigenvalue weighted by atomic mass is 9.47. The van der Waals surface area contributed by atoms with Gasteiger partial charge in [-0.15, -0.1) is 0 Å². The molecule has 0 bridgehead atoms. The molecular weight excluding hydrogens is 356 g/mol. The quantitative estimate of drug-likeness (QED) is 0.507. The smallest absolute Gasteiger partial charge is 0.0543 e. The van der Waals surface area contributed by atoms with Crippen molar-refractivity contribution in [3.8, 4) is 0 Å². The topological polar surface area (TPSA) is 40.5 Å². The summed E-state index contributed by atoms with van der Waals surface area (Å²) in [5.74, 6) is 4.44. The fourth-order valence-electron chi connectivity index (χ4n) is 8.55. The maximum Gasteiger partial charge on any atom is 0.0543 e. The third-order valence-electron chi connectivity index (χ3n) is 10.5. The fraction of sp³-hybridized carbons (Fsp3) is 0.926. The van der Waals surface area contributed by atoms with Crippen LogP contribution in [0.25, 0.3) is 0 Å². The van der Waals surface area contributed by atoms with E-state index in [-0.39, 0.29) is 6.10 Å². The van der Waals surface area contributed by atoms with Crippen LogP contribution in [0.1, 0.15) is 98.3 Å². The van der Waals surface area contributed by atoms with Gasteiger partial charge < -0.3 is 10.2 Å². The SMILES string of the molecule is CC(CO)CCCC(C)[C@H]1CCC2C3=CC[C@H]4CC(O)CC[C@]4(C)C3CC[C@@]21C. The fourth-order valence-corrected chi connectivity index (χ4v) is 8.55. The van der Waals surface area contributed by atoms with Gasteiger partial charge in [-0.3, -0.25) is 0 Å². The van der Waals surface area contributed by atoms with Gasteiger partial charge in [0.05, 0.1) is 6.10 Å². The molecule has 0 aliphatic heterocycles. The largest absolute Gasteiger partial charge is 0.396 e. The summed E-state index contributed by atoms with van der Waals surface area (Å²) in [5, 5.41) is 19.5. The molecule has 3 fully saturated rings. The second-order valence-electron chi connectivity index (χ2n) is 12.1. The maximum atomic E-state index is 10.2. The highest BCUT2D eigenvalue weighted by Gasteiger charge is 2.58. The summed E-state index contributed by atoms with van der Waals surface area (Å²) in [5.41, 5.74) is 2.79. The second-order valence-corrected chi connectivity index (χ2v) is 12.1. The van der Waals surface area contributed by atoms with Crippen LogP contribution in [0.15, 0.2) is 11.6 Å². The summed E-state index contributed by atoms with van der Waals surface area (Å²) in [6.45, 7) is 10.2. The number of aliphatic hydroxyl groups is 2. The van der Waals surface area contributed by atoms with Gasteiger partial charge in [0.15, 0.2) is 0 Å². The molecule has 9 atom stereocenters. The van der Waals surface area contributed by atoms with Gasteiger partial charge in [-0.05, 0) is 104 Å². The predicted molar refractivity (Wildman–Crippen MR) is 120 cm³/mol. The van der Waals surface area contributed by atoms with Gasteiger partial charge in [0.1, 0.15) is 0 Å². The van der Waals surface area contributed by atoms with Gasteiger partial charge in [0.25, 0.3) is 0 Å². The molecule has 4 rings (SSSR count). The highest BCUT2D eigenvalue weighted by Crippen LogP contribution is 2.66. The molecule has 2 N–H and O–H groups in total. The van der Waals surface area contributed by atoms with E-state index in [2.05, 4.69) is 33.8 Å². The van der Waals surface area contributed by atoms with Crippen LogP contribution in [0.5, 0.6) is 0 Å². The average Bonchev–Trinajstić information content (AvgIpc) is 3.05. The lowest BCUT2D eigenvalue weighted by molar-refractivity contribution is -0.0427. The number of rotatable bonds is 6. The van der Waals surface area contributed by atoms with Crippen molar-refractivity contribution in [2.45, 2.75) is 104 Å². The van der Waals surface area contributed by atoms with E-state index in [1.165, 1.54) is 57.8 Å². The Labute approximate surface area is 179 Å². The summed E-state index contributed by atoms with van der Waals surface area (Å²) in [7, 11) is 0. The number of allylic oxidation sites excluding steroid dienone is 2. The van der Waals surface area contributed by atoms with Crippen molar-refractivity contribution in [2.24, 2.45) is 46.3 Å². The summed E-state index contributed by atoms with van der Waals surface area (Å²) in [6.07, 6.45) is 16.5. The molecule has 0 aromatic heterocycles. The van der Waals surface area contributed by atoms with Crippen molar-refractivity contribution < 1.29 is 10.2 Å². The summed E-state index contributed by atoms with van der Waals surface area (Å²) in [6, 6.07) is 0. The van der Waals surface area contributed by atoms with Crippen molar-refractivity contribution in [1.29, 1.82) is 0 Å². The third-order valence-corrected chi connectivity index (χ3v) is 10.5. The molecule has 0 amide bonds. The van der Waals surface area contributed by atoms with E-state index in [0.717, 1.165) is 36.5 Å². The molecule has 0 aromatic carbocycles. The van der Waals surface area contributed by atoms with Crippen molar-refractivity contribution >= 4 is 0 Å². The van der Waals surface area contributed by atoms with Gasteiger partial charge in [-0.25, -0.2) is 0 Å². The molecule has 0 radical (unpaired) electrons. The Morgan fingerprint density at radius 3 is 2.48 bits per heavy atom. The van der Waals surface area contributed by atoms with Crippen LogP contribution in [0.3, 0.4) is 0 Å². The Bertz CT molecular complexity index is 612. The van der Waals surface area contributed by atoms with Gasteiger partial charge in [-0.1, -0.05) is 52.2 Å². The maximum absolute atomic E-state index is 10.2.